The van der Waals surface area contributed by atoms with E-state index in [1.54, 1.807) is 20.1 Å². The van der Waals surface area contributed by atoms with E-state index in [0.717, 1.165) is 57.8 Å². The predicted molar refractivity (Wildman–Crippen MR) is 138 cm³/mol. The summed E-state index contributed by atoms with van der Waals surface area (Å²) in [5.74, 6) is 2.15. The van der Waals surface area contributed by atoms with E-state index >= 15 is 0 Å². The first kappa shape index (κ1) is 26.3. The maximum atomic E-state index is 13.2. The van der Waals surface area contributed by atoms with Gasteiger partial charge in [0.15, 0.2) is 11.5 Å². The van der Waals surface area contributed by atoms with Gasteiger partial charge in [0.25, 0.3) is 0 Å². The lowest BCUT2D eigenvalue weighted by molar-refractivity contribution is -0.137. The number of rotatable bonds is 9. The van der Waals surface area contributed by atoms with Gasteiger partial charge in [-0.1, -0.05) is 0 Å². The van der Waals surface area contributed by atoms with Crippen LogP contribution >= 0.6 is 0 Å². The minimum absolute atomic E-state index is 0.0480. The molecule has 8 nitrogen and oxygen atoms in total. The second-order valence-electron chi connectivity index (χ2n) is 10.1. The van der Waals surface area contributed by atoms with Crippen molar-refractivity contribution in [2.75, 3.05) is 57.6 Å². The highest BCUT2D eigenvalue weighted by Crippen LogP contribution is 2.47. The number of nitrogens with one attached hydrogen (secondary N) is 1. The zero-order chi connectivity index (χ0) is 26.9. The predicted octanol–water partition coefficient (Wildman–Crippen LogP) is 4.65. The van der Waals surface area contributed by atoms with Crippen LogP contribution in [0.25, 0.3) is 10.9 Å². The third-order valence-corrected chi connectivity index (χ3v) is 7.05. The van der Waals surface area contributed by atoms with Crippen LogP contribution in [0.2, 0.25) is 0 Å². The van der Waals surface area contributed by atoms with Crippen molar-refractivity contribution in [1.82, 2.24) is 14.9 Å². The smallest absolute Gasteiger partial charge is 0.416 e. The van der Waals surface area contributed by atoms with Crippen molar-refractivity contribution in [1.29, 1.82) is 0 Å². The minimum atomic E-state index is -4.48. The van der Waals surface area contributed by atoms with Gasteiger partial charge in [-0.3, -0.25) is 4.90 Å². The fourth-order valence-corrected chi connectivity index (χ4v) is 4.82. The van der Waals surface area contributed by atoms with Crippen LogP contribution in [0.15, 0.2) is 30.3 Å². The molecule has 11 heteroatoms. The van der Waals surface area contributed by atoms with Gasteiger partial charge in [0, 0.05) is 48.7 Å². The van der Waals surface area contributed by atoms with Crippen LogP contribution in [-0.4, -0.2) is 61.4 Å². The summed E-state index contributed by atoms with van der Waals surface area (Å²) in [5.41, 5.74) is 6.14. The molecule has 0 spiro atoms. The van der Waals surface area contributed by atoms with Crippen LogP contribution < -0.4 is 20.5 Å². The van der Waals surface area contributed by atoms with Gasteiger partial charge in [-0.15, -0.1) is 0 Å². The molecule has 3 aromatic rings. The molecule has 0 radical (unpaired) electrons. The molecule has 204 valence electrons. The number of benzene rings is 2. The number of halogens is 3. The summed E-state index contributed by atoms with van der Waals surface area (Å²) in [6.07, 6.45) is -2.27. The molecule has 1 saturated carbocycles. The van der Waals surface area contributed by atoms with Crippen molar-refractivity contribution < 1.29 is 27.4 Å². The minimum Gasteiger partial charge on any atom is -0.493 e. The van der Waals surface area contributed by atoms with Crippen molar-refractivity contribution in [2.45, 2.75) is 32.5 Å². The summed E-state index contributed by atoms with van der Waals surface area (Å²) in [6, 6.07) is 7.16. The van der Waals surface area contributed by atoms with Crippen molar-refractivity contribution in [3.63, 3.8) is 0 Å². The van der Waals surface area contributed by atoms with Crippen LogP contribution in [-0.2, 0) is 17.5 Å². The lowest BCUT2D eigenvalue weighted by Gasteiger charge is -2.30. The normalized spacial score (nSPS) is 17.4. The Hall–Kier alpha value is -3.31. The number of methoxy groups -OCH3 is 1. The van der Waals surface area contributed by atoms with E-state index in [1.807, 2.05) is 6.07 Å². The van der Waals surface area contributed by atoms with Crippen LogP contribution in [0.1, 0.15) is 29.8 Å². The average Bonchev–Trinajstić information content (AvgIpc) is 3.64. The second kappa shape index (κ2) is 10.5. The van der Waals surface area contributed by atoms with Crippen LogP contribution in [0, 0.1) is 12.3 Å². The van der Waals surface area contributed by atoms with Gasteiger partial charge in [0.2, 0.25) is 0 Å². The van der Waals surface area contributed by atoms with Gasteiger partial charge >= 0.3 is 6.18 Å². The molecule has 2 aliphatic rings. The van der Waals surface area contributed by atoms with Gasteiger partial charge in [0.05, 0.1) is 38.0 Å². The number of morpholine rings is 1. The Morgan fingerprint density at radius 3 is 2.53 bits per heavy atom. The topological polar surface area (TPSA) is 94.8 Å². The maximum absolute atomic E-state index is 13.2. The summed E-state index contributed by atoms with van der Waals surface area (Å²) < 4.78 is 57.1. The molecular formula is C27H32F3N5O3. The van der Waals surface area contributed by atoms with Gasteiger partial charge in [-0.2, -0.15) is 13.2 Å². The molecule has 0 amide bonds. The molecule has 2 heterocycles. The van der Waals surface area contributed by atoms with Gasteiger partial charge in [-0.25, -0.2) is 9.97 Å². The SMILES string of the molecule is COc1cc2nc(C)nc(NCc3cc(N)cc(C(F)(F)F)c3)c2cc1OCC1(CN2CCOCC2)CC1. The highest BCUT2D eigenvalue weighted by Gasteiger charge is 2.45. The van der Waals surface area contributed by atoms with Crippen LogP contribution in [0.4, 0.5) is 24.7 Å². The second-order valence-corrected chi connectivity index (χ2v) is 10.1. The molecule has 2 fully saturated rings. The molecule has 0 bridgehead atoms. The number of aryl methyl sites for hydroxylation is 1. The Labute approximate surface area is 219 Å². The Morgan fingerprint density at radius 2 is 1.84 bits per heavy atom. The fourth-order valence-electron chi connectivity index (χ4n) is 4.82. The standard InChI is InChI=1S/C27H32F3N5O3/c1-17-33-22-13-23(36-2)24(38-16-26(3-4-26)15-35-5-7-37-8-6-35)12-21(22)25(34-17)32-14-18-9-19(27(28,29)30)11-20(31)10-18/h9-13H,3-8,14-16,31H2,1-2H3,(H,32,33,34). The summed E-state index contributed by atoms with van der Waals surface area (Å²) in [4.78, 5) is 11.5. The summed E-state index contributed by atoms with van der Waals surface area (Å²) in [6.45, 7) is 6.79. The van der Waals surface area contributed by atoms with Crippen molar-refractivity contribution >= 4 is 22.4 Å². The number of ether oxygens (including phenoxy) is 3. The van der Waals surface area contributed by atoms with Crippen LogP contribution in [0.5, 0.6) is 11.5 Å². The van der Waals surface area contributed by atoms with Crippen molar-refractivity contribution in [2.24, 2.45) is 5.41 Å². The number of aromatic nitrogens is 2. The van der Waals surface area contributed by atoms with E-state index in [2.05, 4.69) is 20.2 Å². The fraction of sp³-hybridized carbons (Fsp3) is 0.481. The van der Waals surface area contributed by atoms with E-state index in [9.17, 15) is 13.2 Å². The Morgan fingerprint density at radius 1 is 1.08 bits per heavy atom. The zero-order valence-corrected chi connectivity index (χ0v) is 21.5. The first-order valence-corrected chi connectivity index (χ1v) is 12.6. The number of nitrogens with two attached hydrogens (primary N) is 1. The molecule has 1 aliphatic heterocycles. The first-order chi connectivity index (χ1) is 18.1. The quantitative estimate of drug-likeness (QED) is 0.386. The molecule has 2 aromatic carbocycles. The molecule has 1 aromatic heterocycles. The third kappa shape index (κ3) is 6.05. The van der Waals surface area contributed by atoms with Crippen molar-refractivity contribution in [3.05, 3.63) is 47.3 Å². The molecule has 3 N–H and O–H groups in total. The molecule has 38 heavy (non-hydrogen) atoms. The number of hydrogen-bond donors (Lipinski definition) is 2. The lowest BCUT2D eigenvalue weighted by Crippen LogP contribution is -2.41. The maximum Gasteiger partial charge on any atom is 0.416 e. The molecule has 0 atom stereocenters. The van der Waals surface area contributed by atoms with E-state index in [4.69, 9.17) is 19.9 Å². The van der Waals surface area contributed by atoms with Crippen LogP contribution in [0.3, 0.4) is 0 Å². The number of alkyl halides is 3. The summed E-state index contributed by atoms with van der Waals surface area (Å²) in [7, 11) is 1.58. The molecular weight excluding hydrogens is 499 g/mol. The first-order valence-electron chi connectivity index (χ1n) is 12.6. The molecule has 1 saturated heterocycles. The van der Waals surface area contributed by atoms with Crippen molar-refractivity contribution in [3.8, 4) is 11.5 Å². The molecule has 5 rings (SSSR count). The Kier molecular flexibility index (Phi) is 7.23. The highest BCUT2D eigenvalue weighted by atomic mass is 19.4. The largest absolute Gasteiger partial charge is 0.493 e. The van der Waals surface area contributed by atoms with Gasteiger partial charge in [-0.05, 0) is 49.6 Å². The van der Waals surface area contributed by atoms with Gasteiger partial charge < -0.3 is 25.3 Å². The summed E-state index contributed by atoms with van der Waals surface area (Å²) >= 11 is 0. The van der Waals surface area contributed by atoms with E-state index in [-0.39, 0.29) is 17.6 Å². The molecule has 0 unspecified atom stereocenters. The summed E-state index contributed by atoms with van der Waals surface area (Å²) in [5, 5.41) is 3.85. The number of nitrogens with zero attached hydrogens (tertiary/aromatic N) is 3. The zero-order valence-electron chi connectivity index (χ0n) is 21.5. The lowest BCUT2D eigenvalue weighted by atomic mass is 10.1. The van der Waals surface area contributed by atoms with Gasteiger partial charge in [0.1, 0.15) is 11.6 Å². The van der Waals surface area contributed by atoms with E-state index < -0.39 is 11.7 Å². The Balaban J connectivity index is 1.37. The number of hydrogen-bond acceptors (Lipinski definition) is 8. The Bertz CT molecular complexity index is 1310. The number of nitrogen functional groups attached to an aromatic ring is 1. The molecule has 1 aliphatic carbocycles. The number of fused-ring (bicyclic) bond motifs is 1. The monoisotopic (exact) mass is 531 g/mol. The van der Waals surface area contributed by atoms with E-state index in [0.29, 0.717) is 46.2 Å². The van der Waals surface area contributed by atoms with E-state index in [1.165, 1.54) is 6.07 Å². The highest BCUT2D eigenvalue weighted by molar-refractivity contribution is 5.91. The third-order valence-electron chi connectivity index (χ3n) is 7.05. The average molecular weight is 532 g/mol. The number of anilines is 2.